The number of benzene rings is 1. The fraction of sp³-hybridized carbons (Fsp3) is 0.0909. The van der Waals surface area contributed by atoms with Gasteiger partial charge < -0.3 is 5.11 Å². The molecule has 1 heterocycles. The lowest BCUT2D eigenvalue weighted by Crippen LogP contribution is -2.19. The first-order chi connectivity index (χ1) is 10.1. The van der Waals surface area contributed by atoms with E-state index in [0.29, 0.717) is 0 Å². The minimum absolute atomic E-state index is 0.160. The number of alkyl halides is 3. The summed E-state index contributed by atoms with van der Waals surface area (Å²) in [5, 5.41) is 11.5. The van der Waals surface area contributed by atoms with Gasteiger partial charge in [-0.3, -0.25) is 0 Å². The first kappa shape index (κ1) is 15.8. The minimum atomic E-state index is -5.40. The molecule has 0 atom stereocenters. The lowest BCUT2D eigenvalue weighted by Gasteiger charge is -2.13. The zero-order valence-corrected chi connectivity index (χ0v) is 10.1. The Morgan fingerprint density at radius 2 is 1.59 bits per heavy atom. The van der Waals surface area contributed by atoms with Crippen molar-refractivity contribution < 1.29 is 40.6 Å². The number of nitrogens with zero attached hydrogens (tertiary/aromatic N) is 2. The van der Waals surface area contributed by atoms with E-state index >= 15 is 0 Å². The van der Waals surface area contributed by atoms with Crippen LogP contribution in [0.3, 0.4) is 0 Å². The van der Waals surface area contributed by atoms with Gasteiger partial charge in [0.25, 0.3) is 0 Å². The molecule has 0 bridgehead atoms. The summed E-state index contributed by atoms with van der Waals surface area (Å²) in [6.45, 7) is 0. The highest BCUT2D eigenvalue weighted by Crippen LogP contribution is 2.35. The first-order valence-electron chi connectivity index (χ1n) is 5.27. The van der Waals surface area contributed by atoms with E-state index in [-0.39, 0.29) is 12.3 Å². The van der Waals surface area contributed by atoms with Gasteiger partial charge in [-0.15, -0.1) is 0 Å². The van der Waals surface area contributed by atoms with Crippen LogP contribution in [0, 0.1) is 23.3 Å². The summed E-state index contributed by atoms with van der Waals surface area (Å²) >= 11 is 0. The lowest BCUT2D eigenvalue weighted by atomic mass is 10.2. The third kappa shape index (κ3) is 2.38. The molecule has 0 saturated heterocycles. The summed E-state index contributed by atoms with van der Waals surface area (Å²) in [5.74, 6) is -10.3. The van der Waals surface area contributed by atoms with Gasteiger partial charge in [0.15, 0.2) is 29.0 Å². The molecule has 0 radical (unpaired) electrons. The van der Waals surface area contributed by atoms with Crippen molar-refractivity contribution >= 4 is 5.97 Å². The number of aromatic carboxylic acids is 1. The van der Waals surface area contributed by atoms with E-state index in [0.717, 1.165) is 0 Å². The van der Waals surface area contributed by atoms with Crippen LogP contribution in [0.15, 0.2) is 12.3 Å². The zero-order valence-electron chi connectivity index (χ0n) is 10.1. The Morgan fingerprint density at radius 1 is 1.09 bits per heavy atom. The Kier molecular flexibility index (Phi) is 3.59. The molecule has 2 rings (SSSR count). The van der Waals surface area contributed by atoms with Gasteiger partial charge in [0, 0.05) is 6.07 Å². The van der Waals surface area contributed by atoms with Gasteiger partial charge in [-0.25, -0.2) is 27.0 Å². The predicted molar refractivity (Wildman–Crippen MR) is 55.4 cm³/mol. The number of carbonyl (C=O) groups is 1. The second-order valence-electron chi connectivity index (χ2n) is 3.94. The Balaban J connectivity index is 2.89. The van der Waals surface area contributed by atoms with Crippen molar-refractivity contribution in [3.05, 3.63) is 46.8 Å². The fourth-order valence-electron chi connectivity index (χ4n) is 1.69. The number of carboxylic acids is 1. The molecule has 0 aliphatic carbocycles. The van der Waals surface area contributed by atoms with Crippen molar-refractivity contribution in [1.29, 1.82) is 0 Å². The molecule has 4 nitrogen and oxygen atoms in total. The average Bonchev–Trinajstić information content (AvgIpc) is 2.81. The summed E-state index contributed by atoms with van der Waals surface area (Å²) in [4.78, 5) is 10.7. The van der Waals surface area contributed by atoms with Gasteiger partial charge in [0.2, 0.25) is 0 Å². The van der Waals surface area contributed by atoms with Crippen LogP contribution in [0.25, 0.3) is 5.69 Å². The number of halogens is 7. The van der Waals surface area contributed by atoms with Crippen molar-refractivity contribution in [3.8, 4) is 5.69 Å². The van der Waals surface area contributed by atoms with Gasteiger partial charge in [-0.05, 0) is 0 Å². The maximum Gasteiger partial charge on any atom is 0.434 e. The van der Waals surface area contributed by atoms with E-state index in [1.54, 1.807) is 0 Å². The third-order valence-electron chi connectivity index (χ3n) is 2.57. The molecule has 0 aliphatic rings. The molecule has 1 aromatic carbocycles. The molecule has 0 unspecified atom stereocenters. The summed E-state index contributed by atoms with van der Waals surface area (Å²) < 4.78 is 91.4. The van der Waals surface area contributed by atoms with Crippen LogP contribution in [0.1, 0.15) is 16.1 Å². The summed E-state index contributed by atoms with van der Waals surface area (Å²) in [6, 6.07) is -0.205. The number of carboxylic acid groups (broad SMARTS) is 1. The molecule has 1 N–H and O–H groups in total. The minimum Gasteiger partial charge on any atom is -0.478 e. The number of hydrogen-bond acceptors (Lipinski definition) is 2. The Bertz CT molecular complexity index is 741. The van der Waals surface area contributed by atoms with Crippen LogP contribution in [0.5, 0.6) is 0 Å². The van der Waals surface area contributed by atoms with E-state index in [1.807, 2.05) is 0 Å². The molecule has 11 heteroatoms. The van der Waals surface area contributed by atoms with Crippen molar-refractivity contribution in [3.63, 3.8) is 0 Å². The summed E-state index contributed by atoms with van der Waals surface area (Å²) in [7, 11) is 0. The van der Waals surface area contributed by atoms with Crippen molar-refractivity contribution in [1.82, 2.24) is 9.78 Å². The van der Waals surface area contributed by atoms with Gasteiger partial charge >= 0.3 is 12.1 Å². The van der Waals surface area contributed by atoms with E-state index in [4.69, 9.17) is 5.11 Å². The molecule has 0 spiro atoms. The smallest absolute Gasteiger partial charge is 0.434 e. The highest BCUT2D eigenvalue weighted by atomic mass is 19.4. The maximum absolute atomic E-state index is 13.5. The molecule has 1 aromatic heterocycles. The van der Waals surface area contributed by atoms with Crippen molar-refractivity contribution in [2.75, 3.05) is 0 Å². The van der Waals surface area contributed by atoms with Crippen LogP contribution in [0.2, 0.25) is 0 Å². The molecule has 0 saturated carbocycles. The predicted octanol–water partition coefficient (Wildman–Crippen LogP) is 3.15. The topological polar surface area (TPSA) is 55.1 Å². The van der Waals surface area contributed by atoms with Gasteiger partial charge in [0.1, 0.15) is 11.3 Å². The number of hydrogen-bond donors (Lipinski definition) is 1. The molecule has 0 amide bonds. The molecule has 2 aromatic rings. The third-order valence-corrected chi connectivity index (χ3v) is 2.57. The standard InChI is InChI=1S/C11H3F7N2O2/c12-4-1-5(13)7(15)8(6(4)14)20-9(11(16,17)18)3(2-19-20)10(21)22/h1-2H,(H,21,22). The van der Waals surface area contributed by atoms with Gasteiger partial charge in [-0.1, -0.05) is 0 Å². The van der Waals surface area contributed by atoms with Crippen molar-refractivity contribution in [2.24, 2.45) is 0 Å². The molecule has 0 fully saturated rings. The monoisotopic (exact) mass is 328 g/mol. The molecular formula is C11H3F7N2O2. The van der Waals surface area contributed by atoms with Gasteiger partial charge in [-0.2, -0.15) is 18.3 Å². The molecule has 118 valence electrons. The highest BCUT2D eigenvalue weighted by molar-refractivity contribution is 5.89. The van der Waals surface area contributed by atoms with Crippen LogP contribution >= 0.6 is 0 Å². The molecular weight excluding hydrogens is 325 g/mol. The largest absolute Gasteiger partial charge is 0.478 e. The summed E-state index contributed by atoms with van der Waals surface area (Å²) in [6.07, 6.45) is -5.24. The number of rotatable bonds is 2. The van der Waals surface area contributed by atoms with E-state index in [9.17, 15) is 35.5 Å². The average molecular weight is 328 g/mol. The van der Waals surface area contributed by atoms with E-state index in [2.05, 4.69) is 5.10 Å². The van der Waals surface area contributed by atoms with Crippen molar-refractivity contribution in [2.45, 2.75) is 6.18 Å². The van der Waals surface area contributed by atoms with E-state index in [1.165, 1.54) is 0 Å². The molecule has 22 heavy (non-hydrogen) atoms. The van der Waals surface area contributed by atoms with Crippen LogP contribution in [-0.2, 0) is 6.18 Å². The SMILES string of the molecule is O=C(O)c1cnn(-c2c(F)c(F)cc(F)c2F)c1C(F)(F)F. The van der Waals surface area contributed by atoms with Crippen LogP contribution in [-0.4, -0.2) is 20.9 Å². The molecule has 0 aliphatic heterocycles. The van der Waals surface area contributed by atoms with Crippen LogP contribution in [0.4, 0.5) is 30.7 Å². The quantitative estimate of drug-likeness (QED) is 0.681. The Hall–Kier alpha value is -2.59. The van der Waals surface area contributed by atoms with Crippen LogP contribution < -0.4 is 0 Å². The number of aromatic nitrogens is 2. The Labute approximate surface area is 116 Å². The lowest BCUT2D eigenvalue weighted by molar-refractivity contribution is -0.143. The highest BCUT2D eigenvalue weighted by Gasteiger charge is 2.42. The maximum atomic E-state index is 13.5. The zero-order chi connectivity index (χ0) is 16.8. The Morgan fingerprint density at radius 3 is 2.00 bits per heavy atom. The van der Waals surface area contributed by atoms with Gasteiger partial charge in [0.05, 0.1) is 6.20 Å². The normalized spacial score (nSPS) is 11.8. The second kappa shape index (κ2) is 5.00. The fourth-order valence-corrected chi connectivity index (χ4v) is 1.69. The second-order valence-corrected chi connectivity index (χ2v) is 3.94. The van der Waals surface area contributed by atoms with E-state index < -0.39 is 57.0 Å². The summed E-state index contributed by atoms with van der Waals surface area (Å²) in [5.41, 5.74) is -5.32. The first-order valence-corrected chi connectivity index (χ1v) is 5.27.